The van der Waals surface area contributed by atoms with Crippen LogP contribution in [0.4, 0.5) is 0 Å². The molecule has 1 aliphatic heterocycles. The van der Waals surface area contributed by atoms with E-state index in [9.17, 15) is 0 Å². The van der Waals surface area contributed by atoms with Gasteiger partial charge in [-0.1, -0.05) is 18.2 Å². The Morgan fingerprint density at radius 1 is 1.27 bits per heavy atom. The predicted molar refractivity (Wildman–Crippen MR) is 59.9 cm³/mol. The molecule has 0 aliphatic carbocycles. The quantitative estimate of drug-likeness (QED) is 0.740. The summed E-state index contributed by atoms with van der Waals surface area (Å²) in [7, 11) is 0. The molecule has 2 aromatic rings. The molecular weight excluding hydrogens is 188 g/mol. The summed E-state index contributed by atoms with van der Waals surface area (Å²) in [4.78, 5) is 3.28. The number of H-pyrrole nitrogens is 1. The third-order valence-corrected chi connectivity index (χ3v) is 2.90. The maximum absolute atomic E-state index is 5.75. The number of benzene rings is 1. The predicted octanol–water partition coefficient (Wildman–Crippen LogP) is 1.83. The third-order valence-electron chi connectivity index (χ3n) is 2.90. The average Bonchev–Trinajstić information content (AvgIpc) is 2.74. The molecule has 0 spiro atoms. The number of hydrogen-bond acceptors (Lipinski definition) is 2. The minimum atomic E-state index is 0.190. The van der Waals surface area contributed by atoms with Crippen LogP contribution in [0.25, 0.3) is 10.9 Å². The molecule has 1 atom stereocenters. The average molecular weight is 202 g/mol. The first-order chi connectivity index (χ1) is 7.45. The Balaban J connectivity index is 2.02. The molecule has 0 amide bonds. The van der Waals surface area contributed by atoms with E-state index in [4.69, 9.17) is 4.74 Å². The Morgan fingerprint density at radius 2 is 2.20 bits per heavy atom. The first kappa shape index (κ1) is 8.95. The number of nitrogens with one attached hydrogen (secondary N) is 2. The largest absolute Gasteiger partial charge is 0.371 e. The molecule has 3 heteroatoms. The zero-order valence-corrected chi connectivity index (χ0v) is 8.49. The lowest BCUT2D eigenvalue weighted by atomic mass is 10.1. The fraction of sp³-hybridized carbons (Fsp3) is 0.333. The van der Waals surface area contributed by atoms with Gasteiger partial charge in [0, 0.05) is 35.8 Å². The van der Waals surface area contributed by atoms with Crippen molar-refractivity contribution < 1.29 is 4.74 Å². The zero-order chi connectivity index (χ0) is 10.1. The highest BCUT2D eigenvalue weighted by molar-refractivity contribution is 5.83. The van der Waals surface area contributed by atoms with Gasteiger partial charge in [-0.25, -0.2) is 0 Å². The molecule has 2 heterocycles. The van der Waals surface area contributed by atoms with Crippen molar-refractivity contribution in [1.29, 1.82) is 0 Å². The number of aromatic nitrogens is 1. The molecule has 1 aliphatic rings. The van der Waals surface area contributed by atoms with Crippen molar-refractivity contribution in [1.82, 2.24) is 10.3 Å². The van der Waals surface area contributed by atoms with Crippen molar-refractivity contribution in [3.63, 3.8) is 0 Å². The van der Waals surface area contributed by atoms with Gasteiger partial charge in [0.2, 0.25) is 0 Å². The highest BCUT2D eigenvalue weighted by Gasteiger charge is 2.18. The lowest BCUT2D eigenvalue weighted by Crippen LogP contribution is -2.33. The second-order valence-electron chi connectivity index (χ2n) is 3.85. The van der Waals surface area contributed by atoms with Crippen LogP contribution in [0.3, 0.4) is 0 Å². The molecule has 1 aromatic heterocycles. The van der Waals surface area contributed by atoms with E-state index in [1.54, 1.807) is 0 Å². The highest BCUT2D eigenvalue weighted by Crippen LogP contribution is 2.26. The van der Waals surface area contributed by atoms with Crippen molar-refractivity contribution in [2.24, 2.45) is 0 Å². The molecule has 3 rings (SSSR count). The van der Waals surface area contributed by atoms with E-state index in [0.717, 1.165) is 19.7 Å². The molecule has 3 nitrogen and oxygen atoms in total. The van der Waals surface area contributed by atoms with Crippen LogP contribution in [0.5, 0.6) is 0 Å². The molecule has 78 valence electrons. The second-order valence-corrected chi connectivity index (χ2v) is 3.85. The topological polar surface area (TPSA) is 37.0 Å². The van der Waals surface area contributed by atoms with Crippen LogP contribution in [0, 0.1) is 0 Å². The fourth-order valence-electron chi connectivity index (χ4n) is 2.13. The number of ether oxygens (including phenoxy) is 1. The second kappa shape index (κ2) is 3.68. The Kier molecular flexibility index (Phi) is 2.19. The van der Waals surface area contributed by atoms with Gasteiger partial charge in [0.15, 0.2) is 0 Å². The first-order valence-corrected chi connectivity index (χ1v) is 5.33. The Bertz CT molecular complexity index is 457. The van der Waals surface area contributed by atoms with E-state index in [-0.39, 0.29) is 6.10 Å². The van der Waals surface area contributed by atoms with Crippen LogP contribution in [-0.4, -0.2) is 24.7 Å². The first-order valence-electron chi connectivity index (χ1n) is 5.33. The SMILES string of the molecule is c1ccc2c(C3CNCCO3)c[nH]c2c1. The molecule has 2 N–H and O–H groups in total. The molecule has 1 aromatic carbocycles. The Hall–Kier alpha value is -1.32. The molecular formula is C12H14N2O. The monoisotopic (exact) mass is 202 g/mol. The standard InChI is InChI=1S/C12H14N2O/c1-2-4-11-9(3-1)10(7-14-11)12-8-13-5-6-15-12/h1-4,7,12-14H,5-6,8H2. The minimum absolute atomic E-state index is 0.190. The summed E-state index contributed by atoms with van der Waals surface area (Å²) in [6, 6.07) is 8.34. The van der Waals surface area contributed by atoms with E-state index >= 15 is 0 Å². The van der Waals surface area contributed by atoms with E-state index in [1.807, 2.05) is 6.07 Å². The summed E-state index contributed by atoms with van der Waals surface area (Å²) in [5.74, 6) is 0. The van der Waals surface area contributed by atoms with Gasteiger partial charge in [-0.05, 0) is 6.07 Å². The van der Waals surface area contributed by atoms with Gasteiger partial charge in [0.25, 0.3) is 0 Å². The fourth-order valence-corrected chi connectivity index (χ4v) is 2.13. The van der Waals surface area contributed by atoms with Crippen LogP contribution >= 0.6 is 0 Å². The van der Waals surface area contributed by atoms with Gasteiger partial charge in [-0.3, -0.25) is 0 Å². The summed E-state index contributed by atoms with van der Waals surface area (Å²) in [5.41, 5.74) is 2.44. The van der Waals surface area contributed by atoms with Gasteiger partial charge in [0.1, 0.15) is 0 Å². The summed E-state index contributed by atoms with van der Waals surface area (Å²) < 4.78 is 5.75. The van der Waals surface area contributed by atoms with Gasteiger partial charge in [-0.15, -0.1) is 0 Å². The van der Waals surface area contributed by atoms with Gasteiger partial charge < -0.3 is 15.0 Å². The summed E-state index contributed by atoms with van der Waals surface area (Å²) in [5, 5.41) is 4.62. The third kappa shape index (κ3) is 1.54. The van der Waals surface area contributed by atoms with Crippen molar-refractivity contribution >= 4 is 10.9 Å². The van der Waals surface area contributed by atoms with Gasteiger partial charge in [0.05, 0.1) is 12.7 Å². The van der Waals surface area contributed by atoms with Crippen LogP contribution in [0.2, 0.25) is 0 Å². The van der Waals surface area contributed by atoms with E-state index in [2.05, 4.69) is 34.7 Å². The Morgan fingerprint density at radius 3 is 3.07 bits per heavy atom. The van der Waals surface area contributed by atoms with E-state index in [0.29, 0.717) is 0 Å². The summed E-state index contributed by atoms with van der Waals surface area (Å²) >= 11 is 0. The van der Waals surface area contributed by atoms with Crippen molar-refractivity contribution in [2.45, 2.75) is 6.10 Å². The van der Waals surface area contributed by atoms with Crippen molar-refractivity contribution in [2.75, 3.05) is 19.7 Å². The molecule has 1 fully saturated rings. The smallest absolute Gasteiger partial charge is 0.0970 e. The van der Waals surface area contributed by atoms with Crippen molar-refractivity contribution in [3.05, 3.63) is 36.0 Å². The molecule has 15 heavy (non-hydrogen) atoms. The summed E-state index contributed by atoms with van der Waals surface area (Å²) in [6.07, 6.45) is 2.25. The summed E-state index contributed by atoms with van der Waals surface area (Å²) in [6.45, 7) is 2.66. The number of hydrogen-bond donors (Lipinski definition) is 2. The number of aromatic amines is 1. The maximum atomic E-state index is 5.75. The molecule has 0 bridgehead atoms. The maximum Gasteiger partial charge on any atom is 0.0970 e. The number of morpholine rings is 1. The Labute approximate surface area is 88.4 Å². The van der Waals surface area contributed by atoms with Crippen LogP contribution in [-0.2, 0) is 4.74 Å². The normalized spacial score (nSPS) is 22.0. The molecule has 1 saturated heterocycles. The minimum Gasteiger partial charge on any atom is -0.371 e. The number of fused-ring (bicyclic) bond motifs is 1. The van der Waals surface area contributed by atoms with Gasteiger partial charge >= 0.3 is 0 Å². The highest BCUT2D eigenvalue weighted by atomic mass is 16.5. The van der Waals surface area contributed by atoms with Gasteiger partial charge in [-0.2, -0.15) is 0 Å². The van der Waals surface area contributed by atoms with Crippen molar-refractivity contribution in [3.8, 4) is 0 Å². The lowest BCUT2D eigenvalue weighted by Gasteiger charge is -2.23. The lowest BCUT2D eigenvalue weighted by molar-refractivity contribution is 0.0286. The van der Waals surface area contributed by atoms with Crippen LogP contribution < -0.4 is 5.32 Å². The molecule has 0 radical (unpaired) electrons. The van der Waals surface area contributed by atoms with Crippen LogP contribution in [0.1, 0.15) is 11.7 Å². The van der Waals surface area contributed by atoms with E-state index < -0.39 is 0 Å². The molecule has 1 unspecified atom stereocenters. The molecule has 0 saturated carbocycles. The van der Waals surface area contributed by atoms with Crippen LogP contribution in [0.15, 0.2) is 30.5 Å². The number of para-hydroxylation sites is 1. The zero-order valence-electron chi connectivity index (χ0n) is 8.49. The number of rotatable bonds is 1. The van der Waals surface area contributed by atoms with E-state index in [1.165, 1.54) is 16.5 Å².